The van der Waals surface area contributed by atoms with Gasteiger partial charge in [-0.25, -0.2) is 9.07 Å². The molecule has 0 aliphatic rings. The molecule has 0 saturated heterocycles. The highest BCUT2D eigenvalue weighted by Gasteiger charge is 2.17. The highest BCUT2D eigenvalue weighted by molar-refractivity contribution is 5.96. The minimum Gasteiger partial charge on any atom is -0.468 e. The van der Waals surface area contributed by atoms with Gasteiger partial charge in [-0.1, -0.05) is 12.1 Å². The van der Waals surface area contributed by atoms with Gasteiger partial charge < -0.3 is 10.1 Å². The van der Waals surface area contributed by atoms with E-state index >= 15 is 0 Å². The number of methoxy groups -OCH3 is 1. The van der Waals surface area contributed by atoms with Crippen molar-refractivity contribution in [1.29, 1.82) is 0 Å². The number of esters is 1. The molecule has 2 aromatic rings. The van der Waals surface area contributed by atoms with Gasteiger partial charge >= 0.3 is 5.97 Å². The zero-order valence-corrected chi connectivity index (χ0v) is 11.6. The zero-order valence-electron chi connectivity index (χ0n) is 11.6. The highest BCUT2D eigenvalue weighted by atomic mass is 19.1. The van der Waals surface area contributed by atoms with E-state index in [2.05, 4.69) is 15.2 Å². The summed E-state index contributed by atoms with van der Waals surface area (Å²) in [4.78, 5) is 22.9. The maximum absolute atomic E-state index is 13.7. The van der Waals surface area contributed by atoms with Crippen LogP contribution >= 0.6 is 0 Å². The van der Waals surface area contributed by atoms with E-state index in [0.717, 1.165) is 0 Å². The van der Waals surface area contributed by atoms with Gasteiger partial charge in [-0.05, 0) is 19.1 Å². The molecule has 1 heterocycles. The second-order valence-electron chi connectivity index (χ2n) is 4.27. The molecule has 0 bridgehead atoms. The third-order valence-corrected chi connectivity index (χ3v) is 2.96. The third-order valence-electron chi connectivity index (χ3n) is 2.96. The van der Waals surface area contributed by atoms with Gasteiger partial charge in [0.2, 0.25) is 0 Å². The number of halogens is 1. The standard InChI is InChI=1S/C14H14FN3O3/c1-9-10(14(20)16-8-13(19)21-2)7-17-18(9)12-6-4-3-5-11(12)15/h3-7H,8H2,1-2H3,(H,16,20). The fraction of sp³-hybridized carbons (Fsp3) is 0.214. The summed E-state index contributed by atoms with van der Waals surface area (Å²) < 4.78 is 19.5. The van der Waals surface area contributed by atoms with Crippen molar-refractivity contribution < 1.29 is 18.7 Å². The van der Waals surface area contributed by atoms with Crippen molar-refractivity contribution in [3.05, 3.63) is 47.5 Å². The van der Waals surface area contributed by atoms with Gasteiger partial charge in [0.25, 0.3) is 5.91 Å². The second-order valence-corrected chi connectivity index (χ2v) is 4.27. The minimum absolute atomic E-state index is 0.236. The van der Waals surface area contributed by atoms with E-state index in [9.17, 15) is 14.0 Å². The molecule has 21 heavy (non-hydrogen) atoms. The fourth-order valence-electron chi connectivity index (χ4n) is 1.82. The molecule has 2 rings (SSSR count). The minimum atomic E-state index is -0.553. The molecule has 0 radical (unpaired) electrons. The van der Waals surface area contributed by atoms with E-state index < -0.39 is 17.7 Å². The van der Waals surface area contributed by atoms with Crippen LogP contribution in [0.1, 0.15) is 16.1 Å². The van der Waals surface area contributed by atoms with Gasteiger partial charge in [-0.3, -0.25) is 9.59 Å². The van der Waals surface area contributed by atoms with Crippen LogP contribution in [0, 0.1) is 12.7 Å². The van der Waals surface area contributed by atoms with Gasteiger partial charge in [0.15, 0.2) is 0 Å². The number of hydrogen-bond donors (Lipinski definition) is 1. The summed E-state index contributed by atoms with van der Waals surface area (Å²) in [6, 6.07) is 6.12. The number of amides is 1. The van der Waals surface area contributed by atoms with Gasteiger partial charge in [0.05, 0.1) is 24.6 Å². The molecule has 1 amide bonds. The van der Waals surface area contributed by atoms with Crippen molar-refractivity contribution >= 4 is 11.9 Å². The van der Waals surface area contributed by atoms with Crippen LogP contribution < -0.4 is 5.32 Å². The quantitative estimate of drug-likeness (QED) is 0.860. The van der Waals surface area contributed by atoms with E-state index in [1.807, 2.05) is 0 Å². The van der Waals surface area contributed by atoms with Crippen LogP contribution in [0.25, 0.3) is 5.69 Å². The first-order valence-electron chi connectivity index (χ1n) is 6.19. The predicted octanol–water partition coefficient (Wildman–Crippen LogP) is 1.22. The lowest BCUT2D eigenvalue weighted by Crippen LogP contribution is -2.30. The SMILES string of the molecule is COC(=O)CNC(=O)c1cnn(-c2ccccc2F)c1C. The summed E-state index contributed by atoms with van der Waals surface area (Å²) in [6.07, 6.45) is 1.33. The van der Waals surface area contributed by atoms with E-state index in [-0.39, 0.29) is 17.8 Å². The number of para-hydroxylation sites is 1. The molecular weight excluding hydrogens is 277 g/mol. The number of benzene rings is 1. The Labute approximate surface area is 120 Å². The van der Waals surface area contributed by atoms with Crippen molar-refractivity contribution in [3.8, 4) is 5.69 Å². The fourth-order valence-corrected chi connectivity index (χ4v) is 1.82. The van der Waals surface area contributed by atoms with Gasteiger partial charge in [0, 0.05) is 0 Å². The molecule has 0 aliphatic carbocycles. The lowest BCUT2D eigenvalue weighted by Gasteiger charge is -2.07. The van der Waals surface area contributed by atoms with Crippen molar-refractivity contribution in [2.45, 2.75) is 6.92 Å². The first-order valence-corrected chi connectivity index (χ1v) is 6.19. The van der Waals surface area contributed by atoms with Crippen molar-refractivity contribution in [1.82, 2.24) is 15.1 Å². The molecule has 7 heteroatoms. The van der Waals surface area contributed by atoms with Crippen LogP contribution in [0.5, 0.6) is 0 Å². The number of ether oxygens (including phenoxy) is 1. The van der Waals surface area contributed by atoms with Gasteiger partial charge in [-0.2, -0.15) is 5.10 Å². The maximum atomic E-state index is 13.7. The Bertz CT molecular complexity index is 682. The molecule has 1 aromatic carbocycles. The number of carbonyl (C=O) groups is 2. The molecule has 0 aliphatic heterocycles. The predicted molar refractivity (Wildman–Crippen MR) is 72.6 cm³/mol. The number of rotatable bonds is 4. The van der Waals surface area contributed by atoms with Crippen LogP contribution in [-0.4, -0.2) is 35.3 Å². The van der Waals surface area contributed by atoms with E-state index in [4.69, 9.17) is 0 Å². The average Bonchev–Trinajstić information content (AvgIpc) is 2.86. The Hall–Kier alpha value is -2.70. The van der Waals surface area contributed by atoms with Crippen LogP contribution in [0.3, 0.4) is 0 Å². The van der Waals surface area contributed by atoms with Gasteiger partial charge in [-0.15, -0.1) is 0 Å². The number of hydrogen-bond acceptors (Lipinski definition) is 4. The van der Waals surface area contributed by atoms with Gasteiger partial charge in [0.1, 0.15) is 18.0 Å². The van der Waals surface area contributed by atoms with E-state index in [1.165, 1.54) is 24.1 Å². The normalized spacial score (nSPS) is 10.2. The Kier molecular flexibility index (Phi) is 4.32. The summed E-state index contributed by atoms with van der Waals surface area (Å²) >= 11 is 0. The molecular formula is C14H14FN3O3. The van der Waals surface area contributed by atoms with Crippen molar-refractivity contribution in [2.24, 2.45) is 0 Å². The van der Waals surface area contributed by atoms with E-state index in [0.29, 0.717) is 5.69 Å². The molecule has 0 fully saturated rings. The molecule has 6 nitrogen and oxygen atoms in total. The summed E-state index contributed by atoms with van der Waals surface area (Å²) in [5.41, 5.74) is 0.992. The Morgan fingerprint density at radius 2 is 2.10 bits per heavy atom. The Morgan fingerprint density at radius 3 is 2.76 bits per heavy atom. The lowest BCUT2D eigenvalue weighted by atomic mass is 10.2. The largest absolute Gasteiger partial charge is 0.468 e. The van der Waals surface area contributed by atoms with Crippen molar-refractivity contribution in [3.63, 3.8) is 0 Å². The van der Waals surface area contributed by atoms with Crippen LogP contribution in [0.15, 0.2) is 30.5 Å². The number of aromatic nitrogens is 2. The summed E-state index contributed by atoms with van der Waals surface area (Å²) in [5.74, 6) is -1.46. The maximum Gasteiger partial charge on any atom is 0.325 e. The molecule has 0 atom stereocenters. The Balaban J connectivity index is 2.23. The highest BCUT2D eigenvalue weighted by Crippen LogP contribution is 2.16. The first-order chi connectivity index (χ1) is 10.0. The molecule has 0 unspecified atom stereocenters. The molecule has 1 N–H and O–H groups in total. The Morgan fingerprint density at radius 1 is 1.38 bits per heavy atom. The monoisotopic (exact) mass is 291 g/mol. The summed E-state index contributed by atoms with van der Waals surface area (Å²) in [5, 5.41) is 6.42. The summed E-state index contributed by atoms with van der Waals surface area (Å²) in [7, 11) is 1.23. The topological polar surface area (TPSA) is 73.2 Å². The van der Waals surface area contributed by atoms with Crippen LogP contribution in [0.4, 0.5) is 4.39 Å². The molecule has 0 spiro atoms. The lowest BCUT2D eigenvalue weighted by molar-refractivity contribution is -0.139. The third kappa shape index (κ3) is 3.07. The second kappa shape index (κ2) is 6.17. The number of carbonyl (C=O) groups excluding carboxylic acids is 2. The van der Waals surface area contributed by atoms with Crippen LogP contribution in [0.2, 0.25) is 0 Å². The molecule has 110 valence electrons. The van der Waals surface area contributed by atoms with E-state index in [1.54, 1.807) is 25.1 Å². The number of nitrogens with zero attached hydrogens (tertiary/aromatic N) is 2. The summed E-state index contributed by atoms with van der Waals surface area (Å²) in [6.45, 7) is 1.41. The average molecular weight is 291 g/mol. The van der Waals surface area contributed by atoms with Crippen LogP contribution in [-0.2, 0) is 9.53 Å². The molecule has 1 aromatic heterocycles. The zero-order chi connectivity index (χ0) is 15.4. The first kappa shape index (κ1) is 14.7. The number of nitrogens with one attached hydrogen (secondary N) is 1. The molecule has 0 saturated carbocycles. The van der Waals surface area contributed by atoms with Crippen molar-refractivity contribution in [2.75, 3.05) is 13.7 Å². The smallest absolute Gasteiger partial charge is 0.325 e.